The van der Waals surface area contributed by atoms with Gasteiger partial charge < -0.3 is 15.0 Å². The summed E-state index contributed by atoms with van der Waals surface area (Å²) in [4.78, 5) is 14.0. The van der Waals surface area contributed by atoms with Crippen molar-refractivity contribution < 1.29 is 20.1 Å². The van der Waals surface area contributed by atoms with Crippen LogP contribution in [0.25, 0.3) is 122 Å². The van der Waals surface area contributed by atoms with Crippen LogP contribution >= 0.6 is 0 Å². The average molecular weight is 1030 g/mol. The fourth-order valence-corrected chi connectivity index (χ4v) is 9.44. The predicted molar refractivity (Wildman–Crippen MR) is 272 cm³/mol. The van der Waals surface area contributed by atoms with Crippen molar-refractivity contribution in [3.8, 4) is 89.3 Å². The SMILES string of the molecule is [Ir+3].[c-]1cc(-c2ccccc2-c2cc(-c3ccccc3-c3c[c-]c(-c4ccccn4)cc3)cc(-c3ccccc3-c3c[c-]c4c(c3)c3ccccc3c3cccnc43)c2)ccc1-c1ccccn1. The molecule has 0 saturated carbocycles. The first kappa shape index (κ1) is 41.6. The Bertz CT molecular complexity index is 3560. The molecule has 0 fully saturated rings. The first-order chi connectivity index (χ1) is 32.7. The summed E-state index contributed by atoms with van der Waals surface area (Å²) in [5.41, 5.74) is 18.1. The molecule has 0 bridgehead atoms. The molecule has 3 nitrogen and oxygen atoms in total. The average Bonchev–Trinajstić information content (AvgIpc) is 3.41. The molecule has 0 N–H and O–H groups in total. The van der Waals surface area contributed by atoms with Crippen LogP contribution in [0.5, 0.6) is 0 Å². The Kier molecular flexibility index (Phi) is 11.2. The van der Waals surface area contributed by atoms with Gasteiger partial charge in [-0.05, 0) is 97.5 Å². The van der Waals surface area contributed by atoms with Crippen molar-refractivity contribution in [1.29, 1.82) is 0 Å². The first-order valence-electron chi connectivity index (χ1n) is 22.2. The van der Waals surface area contributed by atoms with E-state index in [1.54, 1.807) is 0 Å². The zero-order chi connectivity index (χ0) is 43.8. The second-order valence-corrected chi connectivity index (χ2v) is 16.5. The summed E-state index contributed by atoms with van der Waals surface area (Å²) in [6, 6.07) is 85.9. The molecular formula is C63H38IrN3. The van der Waals surface area contributed by atoms with Crippen molar-refractivity contribution in [2.45, 2.75) is 0 Å². The molecule has 4 heteroatoms. The molecule has 0 amide bonds. The molecule has 3 heterocycles. The summed E-state index contributed by atoms with van der Waals surface area (Å²) in [5, 5.41) is 5.68. The number of nitrogens with zero attached hydrogens (tertiary/aromatic N) is 3. The molecule has 0 saturated heterocycles. The van der Waals surface area contributed by atoms with Crippen LogP contribution in [0.4, 0.5) is 0 Å². The van der Waals surface area contributed by atoms with Crippen molar-refractivity contribution in [2.75, 3.05) is 0 Å². The second kappa shape index (κ2) is 18.0. The third kappa shape index (κ3) is 7.83. The molecule has 0 radical (unpaired) electrons. The van der Waals surface area contributed by atoms with E-state index in [-0.39, 0.29) is 20.1 Å². The van der Waals surface area contributed by atoms with Gasteiger partial charge in [-0.1, -0.05) is 172 Å². The normalized spacial score (nSPS) is 11.2. The smallest absolute Gasteiger partial charge is 0.305 e. The van der Waals surface area contributed by atoms with Gasteiger partial charge in [0.2, 0.25) is 0 Å². The van der Waals surface area contributed by atoms with E-state index in [1.807, 2.05) is 61.1 Å². The zero-order valence-corrected chi connectivity index (χ0v) is 38.5. The number of hydrogen-bond donors (Lipinski definition) is 0. The topological polar surface area (TPSA) is 38.7 Å². The molecule has 0 aliphatic carbocycles. The maximum atomic E-state index is 4.86. The zero-order valence-electron chi connectivity index (χ0n) is 36.1. The second-order valence-electron chi connectivity index (χ2n) is 16.5. The van der Waals surface area contributed by atoms with E-state index in [0.29, 0.717) is 0 Å². The number of pyridine rings is 3. The Morgan fingerprint density at radius 2 is 0.687 bits per heavy atom. The van der Waals surface area contributed by atoms with Crippen LogP contribution in [0.2, 0.25) is 0 Å². The van der Waals surface area contributed by atoms with Gasteiger partial charge in [-0.3, -0.25) is 0 Å². The standard InChI is InChI=1S/C63H38N3.Ir/c1-4-17-53(50(14-1)42-25-29-44(30-26-42)61-23-9-11-35-64-61)47-38-48(54-18-5-2-15-51(54)43-27-31-45(32-28-43)62-24-10-12-36-65-62)40-49(39-47)55-19-6-3-16-52(55)46-33-34-59-60(41-46)57-21-8-7-20-56(57)58-22-13-37-66-63(58)59;/h1-29,31,33,35-41H;/q-3;+3. The minimum atomic E-state index is 0. The molecule has 0 aliphatic rings. The third-order valence-electron chi connectivity index (χ3n) is 12.6. The van der Waals surface area contributed by atoms with E-state index in [9.17, 15) is 0 Å². The number of rotatable bonds is 8. The van der Waals surface area contributed by atoms with Crippen LogP contribution in [0.1, 0.15) is 0 Å². The third-order valence-corrected chi connectivity index (χ3v) is 12.6. The fraction of sp³-hybridized carbons (Fsp3) is 0. The van der Waals surface area contributed by atoms with E-state index in [2.05, 4.69) is 198 Å². The van der Waals surface area contributed by atoms with Crippen molar-refractivity contribution in [1.82, 2.24) is 15.0 Å². The van der Waals surface area contributed by atoms with Gasteiger partial charge in [0.15, 0.2) is 0 Å². The Labute approximate surface area is 403 Å². The summed E-state index contributed by atoms with van der Waals surface area (Å²) in [7, 11) is 0. The summed E-state index contributed by atoms with van der Waals surface area (Å²) in [6.07, 6.45) is 5.52. The minimum absolute atomic E-state index is 0. The molecule has 314 valence electrons. The van der Waals surface area contributed by atoms with Gasteiger partial charge >= 0.3 is 20.1 Å². The molecule has 9 aromatic carbocycles. The monoisotopic (exact) mass is 1030 g/mol. The quantitative estimate of drug-likeness (QED) is 0.112. The molecule has 67 heavy (non-hydrogen) atoms. The van der Waals surface area contributed by atoms with Crippen molar-refractivity contribution in [2.24, 2.45) is 0 Å². The molecule has 0 spiro atoms. The van der Waals surface area contributed by atoms with Crippen LogP contribution in [0, 0.1) is 18.2 Å². The largest absolute Gasteiger partial charge is 3.00 e. The number of aromatic nitrogens is 3. The van der Waals surface area contributed by atoms with Crippen molar-refractivity contribution >= 4 is 32.4 Å². The van der Waals surface area contributed by atoms with Crippen LogP contribution in [-0.2, 0) is 20.1 Å². The Balaban J connectivity index is 0.00000494. The fourth-order valence-electron chi connectivity index (χ4n) is 9.44. The molecule has 12 rings (SSSR count). The summed E-state index contributed by atoms with van der Waals surface area (Å²) >= 11 is 0. The van der Waals surface area contributed by atoms with Crippen LogP contribution in [0.3, 0.4) is 0 Å². The van der Waals surface area contributed by atoms with Crippen molar-refractivity contribution in [3.05, 3.63) is 249 Å². The summed E-state index contributed by atoms with van der Waals surface area (Å²) < 4.78 is 0. The van der Waals surface area contributed by atoms with Gasteiger partial charge in [-0.2, -0.15) is 0 Å². The van der Waals surface area contributed by atoms with E-state index < -0.39 is 0 Å². The van der Waals surface area contributed by atoms with E-state index in [0.717, 1.165) is 111 Å². The molecule has 0 unspecified atom stereocenters. The van der Waals surface area contributed by atoms with Gasteiger partial charge in [0.1, 0.15) is 0 Å². The van der Waals surface area contributed by atoms with Gasteiger partial charge in [0, 0.05) is 18.6 Å². The predicted octanol–water partition coefficient (Wildman–Crippen LogP) is 16.1. The van der Waals surface area contributed by atoms with Crippen LogP contribution in [0.15, 0.2) is 231 Å². The molecular weight excluding hydrogens is 991 g/mol. The van der Waals surface area contributed by atoms with Gasteiger partial charge in [0.25, 0.3) is 0 Å². The Hall–Kier alpha value is -8.14. The Morgan fingerprint density at radius 3 is 1.15 bits per heavy atom. The molecule has 3 aromatic heterocycles. The van der Waals surface area contributed by atoms with Crippen molar-refractivity contribution in [3.63, 3.8) is 0 Å². The number of fused-ring (bicyclic) bond motifs is 6. The number of hydrogen-bond acceptors (Lipinski definition) is 3. The number of benzene rings is 9. The van der Waals surface area contributed by atoms with Gasteiger partial charge in [-0.15, -0.1) is 83.2 Å². The molecule has 0 atom stereocenters. The minimum Gasteiger partial charge on any atom is -0.305 e. The summed E-state index contributed by atoms with van der Waals surface area (Å²) in [5.74, 6) is 0. The molecule has 12 aromatic rings. The van der Waals surface area contributed by atoms with Crippen LogP contribution < -0.4 is 0 Å². The van der Waals surface area contributed by atoms with Crippen LogP contribution in [-0.4, -0.2) is 15.0 Å². The van der Waals surface area contributed by atoms with E-state index >= 15 is 0 Å². The van der Waals surface area contributed by atoms with Gasteiger partial charge in [-0.25, -0.2) is 0 Å². The van der Waals surface area contributed by atoms with E-state index in [4.69, 9.17) is 4.98 Å². The molecule has 0 aliphatic heterocycles. The van der Waals surface area contributed by atoms with E-state index in [1.165, 1.54) is 10.8 Å². The maximum absolute atomic E-state index is 4.86. The summed E-state index contributed by atoms with van der Waals surface area (Å²) in [6.45, 7) is 0. The Morgan fingerprint density at radius 1 is 0.284 bits per heavy atom. The maximum Gasteiger partial charge on any atom is 3.00 e. The van der Waals surface area contributed by atoms with Gasteiger partial charge in [0.05, 0.1) is 0 Å². The first-order valence-corrected chi connectivity index (χ1v) is 22.2.